The van der Waals surface area contributed by atoms with E-state index < -0.39 is 32.5 Å². The van der Waals surface area contributed by atoms with Crippen LogP contribution in [0.25, 0.3) is 0 Å². The molecule has 0 aromatic heterocycles. The summed E-state index contributed by atoms with van der Waals surface area (Å²) >= 11 is 0. The zero-order valence-corrected chi connectivity index (χ0v) is 30.4. The van der Waals surface area contributed by atoms with Crippen LogP contribution in [0.5, 0.6) is 0 Å². The maximum atomic E-state index is 12.5. The third-order valence-corrected chi connectivity index (χ3v) is 7.86. The Balaban J connectivity index is 4.51. The van der Waals surface area contributed by atoms with E-state index in [1.54, 1.807) is 0 Å². The number of hydrogen-bond acceptors (Lipinski definition) is 7. The van der Waals surface area contributed by atoms with Crippen molar-refractivity contribution in [2.75, 3.05) is 47.5 Å². The van der Waals surface area contributed by atoms with E-state index in [0.29, 0.717) is 23.9 Å². The Bertz CT molecular complexity index is 939. The van der Waals surface area contributed by atoms with Crippen LogP contribution in [0.1, 0.15) is 117 Å². The lowest BCUT2D eigenvalue weighted by molar-refractivity contribution is -0.870. The minimum Gasteiger partial charge on any atom is -0.462 e. The van der Waals surface area contributed by atoms with Crippen molar-refractivity contribution in [3.8, 4) is 0 Å². The Morgan fingerprint density at radius 3 is 1.85 bits per heavy atom. The molecule has 0 aliphatic rings. The van der Waals surface area contributed by atoms with E-state index in [0.717, 1.165) is 57.8 Å². The molecule has 46 heavy (non-hydrogen) atoms. The summed E-state index contributed by atoms with van der Waals surface area (Å²) in [6.07, 6.45) is 30.4. The summed E-state index contributed by atoms with van der Waals surface area (Å²) in [5, 5.41) is 0. The van der Waals surface area contributed by atoms with Crippen molar-refractivity contribution in [2.24, 2.45) is 0 Å². The average molecular weight is 671 g/mol. The van der Waals surface area contributed by atoms with Gasteiger partial charge in [0.2, 0.25) is 0 Å². The number of ether oxygens (including phenoxy) is 2. The summed E-state index contributed by atoms with van der Waals surface area (Å²) in [4.78, 5) is 34.9. The van der Waals surface area contributed by atoms with Crippen LogP contribution in [0.4, 0.5) is 0 Å². The molecule has 0 aromatic carbocycles. The Morgan fingerprint density at radius 2 is 1.24 bits per heavy atom. The summed E-state index contributed by atoms with van der Waals surface area (Å²) in [7, 11) is 1.44. The molecule has 0 aromatic rings. The number of phosphoric acid groups is 1. The van der Waals surface area contributed by atoms with Crippen LogP contribution in [0.15, 0.2) is 48.6 Å². The van der Waals surface area contributed by atoms with E-state index in [4.69, 9.17) is 18.5 Å². The van der Waals surface area contributed by atoms with Crippen molar-refractivity contribution >= 4 is 19.8 Å². The smallest absolute Gasteiger partial charge is 0.462 e. The predicted molar refractivity (Wildman–Crippen MR) is 187 cm³/mol. The van der Waals surface area contributed by atoms with E-state index in [1.807, 2.05) is 21.1 Å². The third-order valence-electron chi connectivity index (χ3n) is 6.87. The fourth-order valence-electron chi connectivity index (χ4n) is 4.12. The molecule has 0 radical (unpaired) electrons. The second-order valence-electron chi connectivity index (χ2n) is 12.5. The molecule has 10 heteroatoms. The standard InChI is InChI=1S/C36H64NO8P/c1-6-8-10-12-14-15-16-17-18-19-20-21-23-24-26-28-35(38)42-32-34(33-44-46(40,41)43-31-30-37(3,4)5)45-36(39)29-27-25-22-13-11-9-7-2/h8,10,14-15,17-18,20-21,34H,6-7,9,11-13,16,19,22-33H2,1-5H3/p+1/b10-8+,15-14+,18-17+,21-20+/t34-/m0/s1. The topological polar surface area (TPSA) is 108 Å². The van der Waals surface area contributed by atoms with Crippen LogP contribution >= 0.6 is 7.82 Å². The zero-order chi connectivity index (χ0) is 34.4. The number of quaternary nitrogens is 1. The number of rotatable bonds is 30. The summed E-state index contributed by atoms with van der Waals surface area (Å²) in [6.45, 7) is 4.17. The monoisotopic (exact) mass is 670 g/mol. The van der Waals surface area contributed by atoms with Crippen molar-refractivity contribution in [3.63, 3.8) is 0 Å². The number of hydrogen-bond donors (Lipinski definition) is 1. The molecule has 0 spiro atoms. The van der Waals surface area contributed by atoms with E-state index in [1.165, 1.54) is 19.3 Å². The second kappa shape index (κ2) is 29.1. The van der Waals surface area contributed by atoms with Gasteiger partial charge in [-0.3, -0.25) is 18.6 Å². The van der Waals surface area contributed by atoms with Crippen LogP contribution < -0.4 is 0 Å². The van der Waals surface area contributed by atoms with Gasteiger partial charge in [0.1, 0.15) is 19.8 Å². The quantitative estimate of drug-likeness (QED) is 0.0266. The normalized spacial score (nSPS) is 14.5. The molecular formula is C36H65NO8P+. The lowest BCUT2D eigenvalue weighted by atomic mass is 10.1. The molecule has 266 valence electrons. The molecule has 0 aliphatic carbocycles. The molecule has 1 unspecified atom stereocenters. The van der Waals surface area contributed by atoms with Crippen LogP contribution in [0.2, 0.25) is 0 Å². The summed E-state index contributed by atoms with van der Waals surface area (Å²) < 4.78 is 33.9. The minimum absolute atomic E-state index is 0.0237. The summed E-state index contributed by atoms with van der Waals surface area (Å²) in [5.41, 5.74) is 0. The van der Waals surface area contributed by atoms with E-state index in [9.17, 15) is 19.0 Å². The van der Waals surface area contributed by atoms with Crippen molar-refractivity contribution in [1.29, 1.82) is 0 Å². The first kappa shape index (κ1) is 44.0. The van der Waals surface area contributed by atoms with Crippen LogP contribution in [-0.2, 0) is 32.7 Å². The molecule has 0 aliphatic heterocycles. The summed E-state index contributed by atoms with van der Waals surface area (Å²) in [5.74, 6) is -0.862. The second-order valence-corrected chi connectivity index (χ2v) is 14.0. The first-order chi connectivity index (χ1) is 22.0. The Morgan fingerprint density at radius 1 is 0.696 bits per heavy atom. The highest BCUT2D eigenvalue weighted by Gasteiger charge is 2.27. The largest absolute Gasteiger partial charge is 0.472 e. The van der Waals surface area contributed by atoms with Gasteiger partial charge in [0, 0.05) is 12.8 Å². The molecule has 2 atom stereocenters. The molecule has 0 saturated heterocycles. The van der Waals surface area contributed by atoms with Crippen LogP contribution in [-0.4, -0.2) is 74.9 Å². The van der Waals surface area contributed by atoms with Gasteiger partial charge in [-0.05, 0) is 51.4 Å². The number of allylic oxidation sites excluding steroid dienone is 8. The Hall–Kier alpha value is -2.03. The highest BCUT2D eigenvalue weighted by molar-refractivity contribution is 7.47. The number of phosphoric ester groups is 1. The van der Waals surface area contributed by atoms with Gasteiger partial charge in [0.05, 0.1) is 27.7 Å². The lowest BCUT2D eigenvalue weighted by Crippen LogP contribution is -2.37. The predicted octanol–water partition coefficient (Wildman–Crippen LogP) is 8.79. The lowest BCUT2D eigenvalue weighted by Gasteiger charge is -2.24. The fourth-order valence-corrected chi connectivity index (χ4v) is 4.86. The third kappa shape index (κ3) is 31.9. The van der Waals surface area contributed by atoms with Crippen molar-refractivity contribution in [2.45, 2.75) is 123 Å². The van der Waals surface area contributed by atoms with E-state index in [-0.39, 0.29) is 26.1 Å². The number of carbonyl (C=O) groups is 2. The van der Waals surface area contributed by atoms with Crippen LogP contribution in [0.3, 0.4) is 0 Å². The van der Waals surface area contributed by atoms with Crippen LogP contribution in [0, 0.1) is 0 Å². The van der Waals surface area contributed by atoms with Gasteiger partial charge < -0.3 is 18.9 Å². The fraction of sp³-hybridized carbons (Fsp3) is 0.722. The number of unbranched alkanes of at least 4 members (excludes halogenated alkanes) is 8. The van der Waals surface area contributed by atoms with Gasteiger partial charge in [-0.1, -0.05) is 101 Å². The van der Waals surface area contributed by atoms with Gasteiger partial charge in [0.15, 0.2) is 6.10 Å². The SMILES string of the molecule is CC/C=C/C/C=C/C/C=C/C/C=C/CCCCC(=O)OC[C@@H](COP(=O)(O)OCC[N+](C)(C)C)OC(=O)CCCCCCCCC. The van der Waals surface area contributed by atoms with Gasteiger partial charge >= 0.3 is 19.8 Å². The number of nitrogens with zero attached hydrogens (tertiary/aromatic N) is 1. The maximum Gasteiger partial charge on any atom is 0.472 e. The molecule has 0 amide bonds. The summed E-state index contributed by atoms with van der Waals surface area (Å²) in [6, 6.07) is 0. The first-order valence-electron chi connectivity index (χ1n) is 17.4. The zero-order valence-electron chi connectivity index (χ0n) is 29.5. The van der Waals surface area contributed by atoms with E-state index in [2.05, 4.69) is 62.5 Å². The molecular weight excluding hydrogens is 605 g/mol. The van der Waals surface area contributed by atoms with Gasteiger partial charge in [-0.25, -0.2) is 4.57 Å². The maximum absolute atomic E-state index is 12.5. The van der Waals surface area contributed by atoms with E-state index >= 15 is 0 Å². The highest BCUT2D eigenvalue weighted by Crippen LogP contribution is 2.43. The van der Waals surface area contributed by atoms with Crippen molar-refractivity contribution < 1.29 is 42.1 Å². The molecule has 0 bridgehead atoms. The number of likely N-dealkylation sites (N-methyl/N-ethyl adjacent to an activating group) is 1. The number of esters is 2. The van der Waals surface area contributed by atoms with Gasteiger partial charge in [-0.15, -0.1) is 0 Å². The molecule has 0 heterocycles. The minimum atomic E-state index is -4.37. The molecule has 0 rings (SSSR count). The Kier molecular flexibility index (Phi) is 27.8. The number of carbonyl (C=O) groups excluding carboxylic acids is 2. The molecule has 1 N–H and O–H groups in total. The van der Waals surface area contributed by atoms with Gasteiger partial charge in [-0.2, -0.15) is 0 Å². The van der Waals surface area contributed by atoms with Crippen molar-refractivity contribution in [1.82, 2.24) is 0 Å². The first-order valence-corrected chi connectivity index (χ1v) is 18.9. The highest BCUT2D eigenvalue weighted by atomic mass is 31.2. The van der Waals surface area contributed by atoms with Crippen molar-refractivity contribution in [3.05, 3.63) is 48.6 Å². The molecule has 0 fully saturated rings. The molecule has 9 nitrogen and oxygen atoms in total. The van der Waals surface area contributed by atoms with Gasteiger partial charge in [0.25, 0.3) is 0 Å². The molecule has 0 saturated carbocycles. The Labute approximate surface area is 280 Å². The average Bonchev–Trinajstić information content (AvgIpc) is 2.99.